The number of nitrogens with zero attached hydrogens (tertiary/aromatic N) is 1. The highest BCUT2D eigenvalue weighted by Gasteiger charge is 2.47. The number of aryl methyl sites for hydroxylation is 2. The molecule has 0 radical (unpaired) electrons. The van der Waals surface area contributed by atoms with Gasteiger partial charge in [-0.25, -0.2) is 0 Å². The molecule has 4 rings (SSSR count). The van der Waals surface area contributed by atoms with Gasteiger partial charge in [-0.15, -0.1) is 0 Å². The van der Waals surface area contributed by atoms with Gasteiger partial charge >= 0.3 is 5.97 Å². The van der Waals surface area contributed by atoms with Gasteiger partial charge in [-0.1, -0.05) is 18.2 Å². The number of hydrogen-bond acceptors (Lipinski definition) is 7. The molecule has 1 amide bonds. The van der Waals surface area contributed by atoms with Crippen molar-refractivity contribution in [1.82, 2.24) is 0 Å². The van der Waals surface area contributed by atoms with E-state index in [1.54, 1.807) is 48.5 Å². The second-order valence-corrected chi connectivity index (χ2v) is 8.67. The van der Waals surface area contributed by atoms with Crippen LogP contribution in [-0.2, 0) is 14.4 Å². The maximum absolute atomic E-state index is 13.5. The largest absolute Gasteiger partial charge is 0.507 e. The molecule has 8 heteroatoms. The van der Waals surface area contributed by atoms with Gasteiger partial charge in [0.2, 0.25) is 0 Å². The van der Waals surface area contributed by atoms with Crippen molar-refractivity contribution in [2.75, 3.05) is 19.1 Å². The summed E-state index contributed by atoms with van der Waals surface area (Å²) in [5, 5.41) is 11.5. The van der Waals surface area contributed by atoms with Gasteiger partial charge in [0.05, 0.1) is 31.4 Å². The third-order valence-electron chi connectivity index (χ3n) is 6.31. The summed E-state index contributed by atoms with van der Waals surface area (Å²) in [7, 11) is 2.93. The van der Waals surface area contributed by atoms with Gasteiger partial charge in [0.1, 0.15) is 23.0 Å². The number of amides is 1. The zero-order valence-electron chi connectivity index (χ0n) is 21.2. The number of anilines is 1. The van der Waals surface area contributed by atoms with Crippen molar-refractivity contribution in [2.45, 2.75) is 26.8 Å². The van der Waals surface area contributed by atoms with Crippen LogP contribution in [0.3, 0.4) is 0 Å². The topological polar surface area (TPSA) is 102 Å². The molecule has 0 aromatic heterocycles. The summed E-state index contributed by atoms with van der Waals surface area (Å²) in [6, 6.07) is 15.7. The molecule has 0 spiro atoms. The van der Waals surface area contributed by atoms with Crippen LogP contribution < -0.4 is 19.1 Å². The van der Waals surface area contributed by atoms with Gasteiger partial charge in [-0.3, -0.25) is 19.3 Å². The van der Waals surface area contributed by atoms with Crippen molar-refractivity contribution in [3.63, 3.8) is 0 Å². The van der Waals surface area contributed by atoms with Crippen molar-refractivity contribution in [3.05, 3.63) is 88.5 Å². The lowest BCUT2D eigenvalue weighted by Gasteiger charge is -2.26. The van der Waals surface area contributed by atoms with Crippen molar-refractivity contribution in [3.8, 4) is 17.2 Å². The average Bonchev–Trinajstić information content (AvgIpc) is 3.15. The lowest BCUT2D eigenvalue weighted by molar-refractivity contribution is -0.132. The number of methoxy groups -OCH3 is 2. The number of carbonyl (C=O) groups is 3. The van der Waals surface area contributed by atoms with Crippen LogP contribution in [0.25, 0.3) is 5.76 Å². The Bertz CT molecular complexity index is 1440. The monoisotopic (exact) mass is 501 g/mol. The Balaban J connectivity index is 1.98. The minimum Gasteiger partial charge on any atom is -0.507 e. The Morgan fingerprint density at radius 2 is 1.65 bits per heavy atom. The predicted molar refractivity (Wildman–Crippen MR) is 138 cm³/mol. The van der Waals surface area contributed by atoms with E-state index in [0.717, 1.165) is 11.1 Å². The highest BCUT2D eigenvalue weighted by molar-refractivity contribution is 6.51. The summed E-state index contributed by atoms with van der Waals surface area (Å²) < 4.78 is 15.9. The summed E-state index contributed by atoms with van der Waals surface area (Å²) in [5.74, 6) is -1.54. The van der Waals surface area contributed by atoms with Crippen molar-refractivity contribution in [1.29, 1.82) is 0 Å². The summed E-state index contributed by atoms with van der Waals surface area (Å²) in [6.07, 6.45) is 0. The van der Waals surface area contributed by atoms with Crippen LogP contribution >= 0.6 is 0 Å². The van der Waals surface area contributed by atoms with E-state index in [4.69, 9.17) is 14.2 Å². The number of aliphatic hydroxyl groups is 1. The molecular formula is C29H27NO7. The summed E-state index contributed by atoms with van der Waals surface area (Å²) in [5.41, 5.74) is 3.04. The van der Waals surface area contributed by atoms with Crippen LogP contribution in [0.2, 0.25) is 0 Å². The maximum Gasteiger partial charge on any atom is 0.308 e. The predicted octanol–water partition coefficient (Wildman–Crippen LogP) is 4.87. The highest BCUT2D eigenvalue weighted by Crippen LogP contribution is 2.44. The molecule has 1 heterocycles. The Hall–Kier alpha value is -4.59. The van der Waals surface area contributed by atoms with E-state index in [1.165, 1.54) is 26.0 Å². The molecule has 1 aliphatic heterocycles. The summed E-state index contributed by atoms with van der Waals surface area (Å²) >= 11 is 0. The SMILES string of the molecule is COc1ccc(/C(O)=C2\C(=O)C(=O)N(c3ccc(C)c(C)c3)C2c2cccc(OC(C)=O)c2)c(OC)c1. The second kappa shape index (κ2) is 10.2. The molecule has 3 aromatic carbocycles. The number of ketones is 1. The molecule has 1 fully saturated rings. The molecule has 0 saturated carbocycles. The van der Waals surface area contributed by atoms with Gasteiger partial charge in [-0.2, -0.15) is 0 Å². The lowest BCUT2D eigenvalue weighted by Crippen LogP contribution is -2.29. The van der Waals surface area contributed by atoms with E-state index in [9.17, 15) is 19.5 Å². The molecule has 1 aliphatic rings. The average molecular weight is 502 g/mol. The van der Waals surface area contributed by atoms with Gasteiger partial charge in [0, 0.05) is 18.7 Å². The number of ether oxygens (including phenoxy) is 3. The minimum absolute atomic E-state index is 0.119. The molecular weight excluding hydrogens is 474 g/mol. The van der Waals surface area contributed by atoms with Crippen LogP contribution in [0.1, 0.15) is 35.2 Å². The van der Waals surface area contributed by atoms with Gasteiger partial charge in [0.25, 0.3) is 11.7 Å². The van der Waals surface area contributed by atoms with Crippen LogP contribution in [0, 0.1) is 13.8 Å². The number of rotatable bonds is 6. The van der Waals surface area contributed by atoms with E-state index in [0.29, 0.717) is 17.0 Å². The summed E-state index contributed by atoms with van der Waals surface area (Å²) in [4.78, 5) is 39.8. The molecule has 1 atom stereocenters. The van der Waals surface area contributed by atoms with Crippen LogP contribution in [0.5, 0.6) is 17.2 Å². The number of hydrogen-bond donors (Lipinski definition) is 1. The number of carbonyl (C=O) groups excluding carboxylic acids is 3. The first-order chi connectivity index (χ1) is 17.7. The van der Waals surface area contributed by atoms with Crippen LogP contribution in [-0.4, -0.2) is 37.0 Å². The Labute approximate surface area is 214 Å². The van der Waals surface area contributed by atoms with Crippen molar-refractivity contribution in [2.24, 2.45) is 0 Å². The standard InChI is InChI=1S/C29H27NO7/c1-16-9-10-20(13-17(16)2)30-26(19-7-6-8-22(14-19)37-18(3)31)25(28(33)29(30)34)27(32)23-12-11-21(35-4)15-24(23)36-5/h6-15,26,32H,1-5H3/b27-25+. The molecule has 37 heavy (non-hydrogen) atoms. The Morgan fingerprint density at radius 3 is 2.30 bits per heavy atom. The zero-order valence-corrected chi connectivity index (χ0v) is 21.2. The number of esters is 1. The fourth-order valence-electron chi connectivity index (χ4n) is 4.34. The highest BCUT2D eigenvalue weighted by atomic mass is 16.5. The second-order valence-electron chi connectivity index (χ2n) is 8.67. The molecule has 3 aromatic rings. The van der Waals surface area contributed by atoms with E-state index >= 15 is 0 Å². The normalized spacial score (nSPS) is 16.6. The first-order valence-electron chi connectivity index (χ1n) is 11.5. The molecule has 0 aliphatic carbocycles. The first kappa shape index (κ1) is 25.5. The molecule has 1 N–H and O–H groups in total. The third-order valence-corrected chi connectivity index (χ3v) is 6.31. The summed E-state index contributed by atoms with van der Waals surface area (Å²) in [6.45, 7) is 5.14. The minimum atomic E-state index is -0.996. The zero-order chi connectivity index (χ0) is 26.9. The Kier molecular flexibility index (Phi) is 7.02. The quantitative estimate of drug-likeness (QED) is 0.169. The van der Waals surface area contributed by atoms with E-state index in [2.05, 4.69) is 0 Å². The molecule has 1 unspecified atom stereocenters. The molecule has 190 valence electrons. The molecule has 0 bridgehead atoms. The van der Waals surface area contributed by atoms with E-state index in [1.807, 2.05) is 26.0 Å². The molecule has 8 nitrogen and oxygen atoms in total. The molecule has 1 saturated heterocycles. The van der Waals surface area contributed by atoms with Crippen molar-refractivity contribution >= 4 is 29.1 Å². The van der Waals surface area contributed by atoms with E-state index in [-0.39, 0.29) is 22.6 Å². The fraction of sp³-hybridized carbons (Fsp3) is 0.207. The van der Waals surface area contributed by atoms with Gasteiger partial charge in [0.15, 0.2) is 0 Å². The smallest absolute Gasteiger partial charge is 0.308 e. The van der Waals surface area contributed by atoms with Crippen LogP contribution in [0.15, 0.2) is 66.2 Å². The first-order valence-corrected chi connectivity index (χ1v) is 11.5. The lowest BCUT2D eigenvalue weighted by atomic mass is 9.94. The number of benzene rings is 3. The third kappa shape index (κ3) is 4.78. The number of Topliss-reactive ketones (excluding diaryl/α,β-unsaturated/α-hetero) is 1. The van der Waals surface area contributed by atoms with Crippen molar-refractivity contribution < 1.29 is 33.7 Å². The fourth-order valence-corrected chi connectivity index (χ4v) is 4.34. The maximum atomic E-state index is 13.5. The Morgan fingerprint density at radius 1 is 0.892 bits per heavy atom. The number of aliphatic hydroxyl groups excluding tert-OH is 1. The van der Waals surface area contributed by atoms with E-state index < -0.39 is 29.5 Å². The van der Waals surface area contributed by atoms with Gasteiger partial charge in [-0.05, 0) is 66.9 Å². The van der Waals surface area contributed by atoms with Crippen LogP contribution in [0.4, 0.5) is 5.69 Å². The van der Waals surface area contributed by atoms with Gasteiger partial charge < -0.3 is 19.3 Å².